The Balaban J connectivity index is 1.54. The van der Waals surface area contributed by atoms with Crippen molar-refractivity contribution < 1.29 is 38.4 Å². The third kappa shape index (κ3) is 5.92. The first kappa shape index (κ1) is 24.1. The highest BCUT2D eigenvalue weighted by Crippen LogP contribution is 2.29. The maximum atomic E-state index is 12.8. The minimum atomic E-state index is -1.13. The van der Waals surface area contributed by atoms with Gasteiger partial charge in [0.2, 0.25) is 0 Å². The Morgan fingerprint density at radius 1 is 0.629 bits per heavy atom. The second-order valence-electron chi connectivity index (χ2n) is 7.83. The third-order valence-corrected chi connectivity index (χ3v) is 5.48. The van der Waals surface area contributed by atoms with Gasteiger partial charge in [0.1, 0.15) is 18.8 Å². The average Bonchev–Trinajstić information content (AvgIpc) is 3.24. The van der Waals surface area contributed by atoms with E-state index < -0.39 is 48.9 Å². The van der Waals surface area contributed by atoms with E-state index in [0.29, 0.717) is 5.56 Å². The topological polar surface area (TPSA) is 108 Å². The summed E-state index contributed by atoms with van der Waals surface area (Å²) in [5, 5.41) is 9.90. The zero-order valence-electron chi connectivity index (χ0n) is 18.7. The number of aliphatic hydroxyl groups excluding tert-OH is 1. The fraction of sp³-hybridized carbons (Fsp3) is 0.222. The molecule has 1 heterocycles. The monoisotopic (exact) mass is 476 g/mol. The molecule has 180 valence electrons. The molecule has 0 amide bonds. The number of benzene rings is 3. The van der Waals surface area contributed by atoms with Gasteiger partial charge < -0.3 is 24.1 Å². The molecule has 1 unspecified atom stereocenters. The van der Waals surface area contributed by atoms with Gasteiger partial charge in [0, 0.05) is 0 Å². The van der Waals surface area contributed by atoms with E-state index in [2.05, 4.69) is 0 Å². The molecule has 0 saturated carbocycles. The van der Waals surface area contributed by atoms with Crippen molar-refractivity contribution in [2.24, 2.45) is 0 Å². The van der Waals surface area contributed by atoms with Crippen LogP contribution in [0.4, 0.5) is 0 Å². The van der Waals surface area contributed by atoms with Crippen LogP contribution >= 0.6 is 0 Å². The van der Waals surface area contributed by atoms with Crippen LogP contribution in [0, 0.1) is 0 Å². The molecule has 1 N–H and O–H groups in total. The summed E-state index contributed by atoms with van der Waals surface area (Å²) in [4.78, 5) is 38.0. The van der Waals surface area contributed by atoms with Gasteiger partial charge in [-0.15, -0.1) is 0 Å². The van der Waals surface area contributed by atoms with Crippen molar-refractivity contribution in [2.75, 3.05) is 13.2 Å². The summed E-state index contributed by atoms with van der Waals surface area (Å²) in [7, 11) is 0. The maximum Gasteiger partial charge on any atom is 0.338 e. The minimum Gasteiger partial charge on any atom is -0.459 e. The van der Waals surface area contributed by atoms with Gasteiger partial charge >= 0.3 is 17.9 Å². The number of rotatable bonds is 8. The van der Waals surface area contributed by atoms with Crippen molar-refractivity contribution >= 4 is 17.9 Å². The van der Waals surface area contributed by atoms with Gasteiger partial charge in [-0.3, -0.25) is 0 Å². The van der Waals surface area contributed by atoms with Crippen LogP contribution in [0.2, 0.25) is 0 Å². The molecule has 8 heteroatoms. The van der Waals surface area contributed by atoms with Crippen molar-refractivity contribution in [3.05, 3.63) is 108 Å². The molecule has 4 atom stereocenters. The van der Waals surface area contributed by atoms with E-state index in [1.165, 1.54) is 0 Å². The SMILES string of the molecule is O=C(OC[C@H]1OC(CO)[C@H](OC(=O)c2ccccc2)[C@@H]1OC(=O)c1ccccc1)c1ccccc1. The Bertz CT molecular complexity index is 1130. The van der Waals surface area contributed by atoms with Crippen LogP contribution in [0.1, 0.15) is 31.1 Å². The maximum absolute atomic E-state index is 12.8. The van der Waals surface area contributed by atoms with Crippen LogP contribution in [0.25, 0.3) is 0 Å². The minimum absolute atomic E-state index is 0.281. The molecule has 0 bridgehead atoms. The molecule has 1 aliphatic heterocycles. The highest BCUT2D eigenvalue weighted by atomic mass is 16.7. The molecule has 4 rings (SSSR count). The van der Waals surface area contributed by atoms with Crippen molar-refractivity contribution in [1.29, 1.82) is 0 Å². The number of carbonyl (C=O) groups is 3. The summed E-state index contributed by atoms with van der Waals surface area (Å²) in [5.74, 6) is -1.93. The number of aliphatic hydroxyl groups is 1. The van der Waals surface area contributed by atoms with Crippen LogP contribution in [0.3, 0.4) is 0 Å². The molecule has 1 aliphatic rings. The lowest BCUT2D eigenvalue weighted by Crippen LogP contribution is -2.42. The lowest BCUT2D eigenvalue weighted by Gasteiger charge is -2.24. The summed E-state index contributed by atoms with van der Waals surface area (Å²) in [5.41, 5.74) is 0.915. The van der Waals surface area contributed by atoms with Gasteiger partial charge in [-0.1, -0.05) is 54.6 Å². The van der Waals surface area contributed by atoms with Crippen LogP contribution in [-0.4, -0.2) is 60.6 Å². The Kier molecular flexibility index (Phi) is 7.87. The highest BCUT2D eigenvalue weighted by Gasteiger charge is 2.50. The Labute approximate surface area is 202 Å². The van der Waals surface area contributed by atoms with Crippen molar-refractivity contribution in [3.63, 3.8) is 0 Å². The Morgan fingerprint density at radius 2 is 1.03 bits per heavy atom. The van der Waals surface area contributed by atoms with Crippen molar-refractivity contribution in [3.8, 4) is 0 Å². The number of esters is 3. The smallest absolute Gasteiger partial charge is 0.338 e. The summed E-state index contributed by atoms with van der Waals surface area (Å²) >= 11 is 0. The number of hydrogen-bond acceptors (Lipinski definition) is 8. The average molecular weight is 476 g/mol. The first-order valence-electron chi connectivity index (χ1n) is 11.1. The third-order valence-electron chi connectivity index (χ3n) is 5.48. The molecule has 1 fully saturated rings. The van der Waals surface area contributed by atoms with Gasteiger partial charge in [0.05, 0.1) is 23.3 Å². The predicted octanol–water partition coefficient (Wildman–Crippen LogP) is 3.05. The molecule has 0 radical (unpaired) electrons. The molecule has 0 aliphatic carbocycles. The van der Waals surface area contributed by atoms with Crippen LogP contribution in [0.5, 0.6) is 0 Å². The standard InChI is InChI=1S/C27H24O8/c28-16-21-23(34-26(30)19-12-6-2-7-13-19)24(35-27(31)20-14-8-3-9-15-20)22(33-21)17-32-25(29)18-10-4-1-5-11-18/h1-15,21-24,28H,16-17H2/t21?,22-,23+,24-/m1/s1. The van der Waals surface area contributed by atoms with E-state index in [9.17, 15) is 19.5 Å². The van der Waals surface area contributed by atoms with Gasteiger partial charge in [-0.2, -0.15) is 0 Å². The summed E-state index contributed by atoms with van der Waals surface area (Å²) in [6.07, 6.45) is -4.21. The molecule has 35 heavy (non-hydrogen) atoms. The van der Waals surface area contributed by atoms with Crippen LogP contribution in [-0.2, 0) is 18.9 Å². The number of ether oxygens (including phenoxy) is 4. The fourth-order valence-electron chi connectivity index (χ4n) is 3.72. The second kappa shape index (κ2) is 11.4. The molecule has 8 nitrogen and oxygen atoms in total. The van der Waals surface area contributed by atoms with Crippen molar-refractivity contribution in [1.82, 2.24) is 0 Å². The normalized spacial score (nSPS) is 21.2. The van der Waals surface area contributed by atoms with Crippen LogP contribution in [0.15, 0.2) is 91.0 Å². The summed E-state index contributed by atoms with van der Waals surface area (Å²) in [6, 6.07) is 25.0. The van der Waals surface area contributed by atoms with Gasteiger partial charge in [0.25, 0.3) is 0 Å². The van der Waals surface area contributed by atoms with E-state index >= 15 is 0 Å². The first-order chi connectivity index (χ1) is 17.1. The van der Waals surface area contributed by atoms with Crippen LogP contribution < -0.4 is 0 Å². The first-order valence-corrected chi connectivity index (χ1v) is 11.1. The largest absolute Gasteiger partial charge is 0.459 e. The van der Waals surface area contributed by atoms with E-state index in [-0.39, 0.29) is 17.7 Å². The molecular formula is C27H24O8. The molecular weight excluding hydrogens is 452 g/mol. The molecule has 0 spiro atoms. The van der Waals surface area contributed by atoms with E-state index in [4.69, 9.17) is 18.9 Å². The summed E-state index contributed by atoms with van der Waals surface area (Å²) < 4.78 is 22.5. The Hall–Kier alpha value is -4.01. The molecule has 0 aromatic heterocycles. The zero-order chi connectivity index (χ0) is 24.6. The number of hydrogen-bond donors (Lipinski definition) is 1. The Morgan fingerprint density at radius 3 is 1.46 bits per heavy atom. The van der Waals surface area contributed by atoms with Crippen molar-refractivity contribution in [2.45, 2.75) is 24.4 Å². The van der Waals surface area contributed by atoms with E-state index in [0.717, 1.165) is 0 Å². The summed E-state index contributed by atoms with van der Waals surface area (Å²) in [6.45, 7) is -0.786. The highest BCUT2D eigenvalue weighted by molar-refractivity contribution is 5.91. The zero-order valence-corrected chi connectivity index (χ0v) is 18.7. The van der Waals surface area contributed by atoms with E-state index in [1.54, 1.807) is 91.0 Å². The molecule has 1 saturated heterocycles. The lowest BCUT2D eigenvalue weighted by atomic mass is 10.1. The van der Waals surface area contributed by atoms with Gasteiger partial charge in [-0.25, -0.2) is 14.4 Å². The lowest BCUT2D eigenvalue weighted by molar-refractivity contribution is -0.0507. The van der Waals surface area contributed by atoms with Gasteiger partial charge in [-0.05, 0) is 36.4 Å². The fourth-order valence-corrected chi connectivity index (χ4v) is 3.72. The van der Waals surface area contributed by atoms with E-state index in [1.807, 2.05) is 0 Å². The number of carbonyl (C=O) groups excluding carboxylic acids is 3. The predicted molar refractivity (Wildman–Crippen MR) is 124 cm³/mol. The molecule has 3 aromatic carbocycles. The quantitative estimate of drug-likeness (QED) is 0.390. The van der Waals surface area contributed by atoms with Gasteiger partial charge in [0.15, 0.2) is 12.2 Å². The molecule has 3 aromatic rings. The second-order valence-corrected chi connectivity index (χ2v) is 7.83.